The Morgan fingerprint density at radius 2 is 1.92 bits per heavy atom. The van der Waals surface area contributed by atoms with Crippen LogP contribution in [0.3, 0.4) is 0 Å². The Labute approximate surface area is 222 Å². The molecule has 2 heterocycles. The summed E-state index contributed by atoms with van der Waals surface area (Å²) in [5.41, 5.74) is 6.95. The fourth-order valence-electron chi connectivity index (χ4n) is 5.43. The molecule has 1 N–H and O–H groups in total. The van der Waals surface area contributed by atoms with Crippen molar-refractivity contribution in [2.24, 2.45) is 0 Å². The molecule has 0 amide bonds. The Morgan fingerprint density at radius 1 is 1.11 bits per heavy atom. The number of carboxylic acid groups (broad SMARTS) is 1. The number of rotatable bonds is 8. The summed E-state index contributed by atoms with van der Waals surface area (Å²) in [5, 5.41) is 9.50. The lowest BCUT2D eigenvalue weighted by molar-refractivity contribution is -0.137. The molecule has 0 unspecified atom stereocenters. The van der Waals surface area contributed by atoms with Gasteiger partial charge in [-0.3, -0.25) is 9.78 Å². The van der Waals surface area contributed by atoms with E-state index in [1.807, 2.05) is 31.3 Å². The summed E-state index contributed by atoms with van der Waals surface area (Å²) < 4.78 is 19.7. The maximum atomic E-state index is 14.5. The Balaban J connectivity index is 1.32. The Bertz CT molecular complexity index is 1420. The van der Waals surface area contributed by atoms with Crippen LogP contribution in [0.4, 0.5) is 10.1 Å². The van der Waals surface area contributed by atoms with Gasteiger partial charge in [-0.05, 0) is 84.0 Å². The highest BCUT2D eigenvalue weighted by atomic mass is 19.1. The van der Waals surface area contributed by atoms with Crippen molar-refractivity contribution in [2.75, 3.05) is 18.6 Å². The van der Waals surface area contributed by atoms with Gasteiger partial charge in [-0.2, -0.15) is 0 Å². The predicted molar refractivity (Wildman–Crippen MR) is 147 cm³/mol. The van der Waals surface area contributed by atoms with Gasteiger partial charge < -0.3 is 14.7 Å². The van der Waals surface area contributed by atoms with E-state index in [1.54, 1.807) is 25.4 Å². The Hall–Kier alpha value is -4.19. The van der Waals surface area contributed by atoms with Gasteiger partial charge in [0.1, 0.15) is 11.6 Å². The molecule has 0 spiro atoms. The second kappa shape index (κ2) is 11.1. The number of ether oxygens (including phenoxy) is 1. The minimum atomic E-state index is -0.781. The maximum absolute atomic E-state index is 14.5. The van der Waals surface area contributed by atoms with Gasteiger partial charge >= 0.3 is 5.97 Å². The molecule has 1 fully saturated rings. The predicted octanol–water partition coefficient (Wildman–Crippen LogP) is 6.63. The molecule has 0 saturated carbocycles. The Morgan fingerprint density at radius 3 is 2.61 bits per heavy atom. The largest absolute Gasteiger partial charge is 0.497 e. The molecule has 5 rings (SSSR count). The molecule has 194 valence electrons. The minimum Gasteiger partial charge on any atom is -0.497 e. The molecule has 1 saturated heterocycles. The Kier molecular flexibility index (Phi) is 7.40. The molecule has 0 bridgehead atoms. The minimum absolute atomic E-state index is 0.0599. The summed E-state index contributed by atoms with van der Waals surface area (Å²) >= 11 is 0. The number of hydrogen-bond acceptors (Lipinski definition) is 4. The van der Waals surface area contributed by atoms with Crippen molar-refractivity contribution in [2.45, 2.75) is 38.1 Å². The summed E-state index contributed by atoms with van der Waals surface area (Å²) in [6.45, 7) is 2.81. The highest BCUT2D eigenvalue weighted by molar-refractivity contribution is 5.69. The van der Waals surface area contributed by atoms with Crippen molar-refractivity contribution in [3.63, 3.8) is 0 Å². The highest BCUT2D eigenvalue weighted by Crippen LogP contribution is 2.36. The van der Waals surface area contributed by atoms with E-state index in [0.29, 0.717) is 11.3 Å². The second-order valence-corrected chi connectivity index (χ2v) is 9.95. The van der Waals surface area contributed by atoms with Crippen molar-refractivity contribution in [1.82, 2.24) is 4.98 Å². The highest BCUT2D eigenvalue weighted by Gasteiger charge is 2.34. The molecule has 0 radical (unpaired) electrons. The first-order chi connectivity index (χ1) is 18.4. The number of aromatic nitrogens is 1. The standard InChI is InChI=1S/C32H31FN2O3/c1-21-14-24(30-18-29(38-2)11-12-31(30)33)8-7-23(21)15-22-5-9-27(10-6-22)35-20-26(16-28(35)17-32(36)37)25-4-3-13-34-19-25/h3-14,18-19,26,28H,15-17,20H2,1-2H3,(H,36,37)/t26-,28-/m1/s1. The van der Waals surface area contributed by atoms with Gasteiger partial charge in [0.05, 0.1) is 13.5 Å². The fourth-order valence-corrected chi connectivity index (χ4v) is 5.43. The molecular formula is C32H31FN2O3. The van der Waals surface area contributed by atoms with E-state index in [9.17, 15) is 14.3 Å². The van der Waals surface area contributed by atoms with Crippen LogP contribution < -0.4 is 9.64 Å². The number of carbonyl (C=O) groups is 1. The second-order valence-electron chi connectivity index (χ2n) is 9.95. The van der Waals surface area contributed by atoms with Crippen LogP contribution in [0, 0.1) is 12.7 Å². The number of anilines is 1. The molecule has 2 atom stereocenters. The van der Waals surface area contributed by atoms with Crippen LogP contribution in [0.2, 0.25) is 0 Å². The van der Waals surface area contributed by atoms with Gasteiger partial charge in [0, 0.05) is 42.1 Å². The summed E-state index contributed by atoms with van der Waals surface area (Å²) in [7, 11) is 1.58. The van der Waals surface area contributed by atoms with E-state index in [-0.39, 0.29) is 24.2 Å². The van der Waals surface area contributed by atoms with Crippen molar-refractivity contribution in [3.8, 4) is 16.9 Å². The van der Waals surface area contributed by atoms with E-state index in [0.717, 1.165) is 47.3 Å². The van der Waals surface area contributed by atoms with Gasteiger partial charge in [0.15, 0.2) is 0 Å². The van der Waals surface area contributed by atoms with Crippen LogP contribution in [0.25, 0.3) is 11.1 Å². The molecule has 1 aliphatic rings. The number of hydrogen-bond donors (Lipinski definition) is 1. The van der Waals surface area contributed by atoms with E-state index in [2.05, 4.69) is 46.3 Å². The van der Waals surface area contributed by atoms with Crippen LogP contribution in [0.5, 0.6) is 5.75 Å². The van der Waals surface area contributed by atoms with Crippen LogP contribution in [0.1, 0.15) is 41.0 Å². The summed E-state index contributed by atoms with van der Waals surface area (Å²) in [5.74, 6) is -0.180. The van der Waals surface area contributed by atoms with Gasteiger partial charge in [-0.25, -0.2) is 4.39 Å². The third-order valence-electron chi connectivity index (χ3n) is 7.47. The zero-order valence-corrected chi connectivity index (χ0v) is 21.6. The van der Waals surface area contributed by atoms with Crippen molar-refractivity contribution < 1.29 is 19.0 Å². The number of nitrogens with zero attached hydrogens (tertiary/aromatic N) is 2. The van der Waals surface area contributed by atoms with Crippen LogP contribution >= 0.6 is 0 Å². The molecule has 1 aromatic heterocycles. The normalized spacial score (nSPS) is 17.0. The monoisotopic (exact) mass is 510 g/mol. The quantitative estimate of drug-likeness (QED) is 0.288. The topological polar surface area (TPSA) is 62.7 Å². The first-order valence-electron chi connectivity index (χ1n) is 12.8. The van der Waals surface area contributed by atoms with Crippen LogP contribution in [-0.2, 0) is 11.2 Å². The summed E-state index contributed by atoms with van der Waals surface area (Å²) in [6, 6.07) is 23.1. The zero-order valence-electron chi connectivity index (χ0n) is 21.6. The SMILES string of the molecule is COc1ccc(F)c(-c2ccc(Cc3ccc(N4C[C@H](c5cccnc5)C[C@@H]4CC(=O)O)cc3)c(C)c2)c1. The molecule has 4 aromatic rings. The molecule has 3 aromatic carbocycles. The van der Waals surface area contributed by atoms with Crippen LogP contribution in [-0.4, -0.2) is 35.8 Å². The van der Waals surface area contributed by atoms with E-state index in [4.69, 9.17) is 4.74 Å². The lowest BCUT2D eigenvalue weighted by Gasteiger charge is -2.26. The molecular weight excluding hydrogens is 479 g/mol. The first kappa shape index (κ1) is 25.5. The van der Waals surface area contributed by atoms with Gasteiger partial charge in [-0.1, -0.05) is 36.4 Å². The molecule has 0 aliphatic carbocycles. The zero-order chi connectivity index (χ0) is 26.6. The summed E-state index contributed by atoms with van der Waals surface area (Å²) in [4.78, 5) is 18.0. The van der Waals surface area contributed by atoms with E-state index >= 15 is 0 Å². The fraction of sp³-hybridized carbons (Fsp3) is 0.250. The first-order valence-corrected chi connectivity index (χ1v) is 12.8. The lowest BCUT2D eigenvalue weighted by Crippen LogP contribution is -2.31. The van der Waals surface area contributed by atoms with Crippen molar-refractivity contribution >= 4 is 11.7 Å². The average molecular weight is 511 g/mol. The maximum Gasteiger partial charge on any atom is 0.305 e. The number of pyridine rings is 1. The number of benzene rings is 3. The number of halogens is 1. The van der Waals surface area contributed by atoms with Gasteiger partial charge in [0.2, 0.25) is 0 Å². The number of aliphatic carboxylic acids is 1. The third-order valence-corrected chi connectivity index (χ3v) is 7.47. The number of methoxy groups -OCH3 is 1. The molecule has 1 aliphatic heterocycles. The third kappa shape index (κ3) is 5.54. The van der Waals surface area contributed by atoms with E-state index in [1.165, 1.54) is 11.6 Å². The molecule has 5 nitrogen and oxygen atoms in total. The van der Waals surface area contributed by atoms with E-state index < -0.39 is 5.97 Å². The van der Waals surface area contributed by atoms with Crippen molar-refractivity contribution in [3.05, 3.63) is 113 Å². The average Bonchev–Trinajstić information content (AvgIpc) is 3.34. The summed E-state index contributed by atoms with van der Waals surface area (Å²) in [6.07, 6.45) is 5.29. The number of carboxylic acids is 1. The lowest BCUT2D eigenvalue weighted by atomic mass is 9.95. The van der Waals surface area contributed by atoms with Crippen LogP contribution in [0.15, 0.2) is 85.2 Å². The van der Waals surface area contributed by atoms with Crippen molar-refractivity contribution in [1.29, 1.82) is 0 Å². The number of aryl methyl sites for hydroxylation is 1. The van der Waals surface area contributed by atoms with Gasteiger partial charge in [0.25, 0.3) is 0 Å². The molecule has 6 heteroatoms. The van der Waals surface area contributed by atoms with Gasteiger partial charge in [-0.15, -0.1) is 0 Å². The smallest absolute Gasteiger partial charge is 0.305 e. The molecule has 38 heavy (non-hydrogen) atoms.